The molecular weight excluding hydrogens is 200 g/mol. The van der Waals surface area contributed by atoms with Gasteiger partial charge in [0.1, 0.15) is 0 Å². The molecule has 0 aromatic heterocycles. The molecule has 0 aromatic rings. The highest BCUT2D eigenvalue weighted by atomic mass is 16.1. The van der Waals surface area contributed by atoms with Crippen LogP contribution in [0.4, 0.5) is 0 Å². The van der Waals surface area contributed by atoms with E-state index in [1.807, 2.05) is 0 Å². The largest absolute Gasteiger partial charge is 0.353 e. The van der Waals surface area contributed by atoms with Crippen LogP contribution >= 0.6 is 0 Å². The van der Waals surface area contributed by atoms with Crippen molar-refractivity contribution in [3.8, 4) is 0 Å². The molecule has 0 bridgehead atoms. The molecule has 1 aliphatic rings. The smallest absolute Gasteiger partial charge is 0.224 e. The first-order chi connectivity index (χ1) is 7.54. The van der Waals surface area contributed by atoms with E-state index in [0.717, 1.165) is 12.8 Å². The quantitative estimate of drug-likeness (QED) is 0.752. The van der Waals surface area contributed by atoms with Gasteiger partial charge in [0.2, 0.25) is 5.91 Å². The summed E-state index contributed by atoms with van der Waals surface area (Å²) in [5.41, 5.74) is 5.67. The zero-order valence-electron chi connectivity index (χ0n) is 10.8. The van der Waals surface area contributed by atoms with Crippen LogP contribution < -0.4 is 11.1 Å². The predicted octanol–water partition coefficient (Wildman–Crippen LogP) is 1.91. The van der Waals surface area contributed by atoms with Crippen LogP contribution in [0.15, 0.2) is 0 Å². The third-order valence-electron chi connectivity index (χ3n) is 3.60. The van der Waals surface area contributed by atoms with Crippen LogP contribution in [-0.4, -0.2) is 18.5 Å². The van der Waals surface area contributed by atoms with Crippen molar-refractivity contribution >= 4 is 5.91 Å². The molecule has 3 nitrogen and oxygen atoms in total. The highest BCUT2D eigenvalue weighted by molar-refractivity contribution is 5.79. The van der Waals surface area contributed by atoms with E-state index in [1.54, 1.807) is 0 Å². The van der Waals surface area contributed by atoms with Crippen molar-refractivity contribution in [1.29, 1.82) is 0 Å². The van der Waals surface area contributed by atoms with Gasteiger partial charge in [-0.05, 0) is 31.1 Å². The second-order valence-corrected chi connectivity index (χ2v) is 5.59. The van der Waals surface area contributed by atoms with Gasteiger partial charge >= 0.3 is 0 Å². The van der Waals surface area contributed by atoms with Crippen LogP contribution in [-0.2, 0) is 4.79 Å². The molecule has 94 valence electrons. The van der Waals surface area contributed by atoms with Gasteiger partial charge in [-0.3, -0.25) is 4.79 Å². The Morgan fingerprint density at radius 3 is 2.56 bits per heavy atom. The summed E-state index contributed by atoms with van der Waals surface area (Å²) in [5.74, 6) is 1.31. The number of nitrogens with one attached hydrogen (secondary N) is 1. The van der Waals surface area contributed by atoms with Crippen LogP contribution in [0.2, 0.25) is 0 Å². The summed E-state index contributed by atoms with van der Waals surface area (Å²) in [6.45, 7) is 6.95. The fourth-order valence-corrected chi connectivity index (χ4v) is 2.54. The molecule has 16 heavy (non-hydrogen) atoms. The lowest BCUT2D eigenvalue weighted by molar-refractivity contribution is -0.126. The summed E-state index contributed by atoms with van der Waals surface area (Å²) in [5, 5.41) is 3.17. The van der Waals surface area contributed by atoms with Gasteiger partial charge in [-0.15, -0.1) is 0 Å². The van der Waals surface area contributed by atoms with E-state index in [2.05, 4.69) is 26.1 Å². The number of carbonyl (C=O) groups is 1. The van der Waals surface area contributed by atoms with Crippen molar-refractivity contribution in [1.82, 2.24) is 5.32 Å². The van der Waals surface area contributed by atoms with E-state index in [9.17, 15) is 4.79 Å². The Bertz CT molecular complexity index is 228. The van der Waals surface area contributed by atoms with Gasteiger partial charge in [-0.25, -0.2) is 0 Å². The second-order valence-electron chi connectivity index (χ2n) is 5.59. The lowest BCUT2D eigenvalue weighted by atomic mass is 9.95. The third kappa shape index (κ3) is 3.78. The van der Waals surface area contributed by atoms with Gasteiger partial charge in [0.25, 0.3) is 0 Å². The highest BCUT2D eigenvalue weighted by Gasteiger charge is 2.27. The monoisotopic (exact) mass is 226 g/mol. The van der Waals surface area contributed by atoms with Crippen molar-refractivity contribution in [2.24, 2.45) is 23.5 Å². The van der Waals surface area contributed by atoms with Crippen LogP contribution in [0, 0.1) is 17.8 Å². The van der Waals surface area contributed by atoms with Crippen LogP contribution in [0.1, 0.15) is 46.5 Å². The predicted molar refractivity (Wildman–Crippen MR) is 66.9 cm³/mol. The van der Waals surface area contributed by atoms with Gasteiger partial charge in [-0.2, -0.15) is 0 Å². The van der Waals surface area contributed by atoms with Crippen molar-refractivity contribution in [2.75, 3.05) is 6.54 Å². The number of hydrogen-bond acceptors (Lipinski definition) is 2. The molecule has 1 amide bonds. The summed E-state index contributed by atoms with van der Waals surface area (Å²) >= 11 is 0. The minimum Gasteiger partial charge on any atom is -0.353 e. The SMILES string of the molecule is CC(C)CC(CN)C(=O)NC1CCCC1C. The Kier molecular flexibility index (Phi) is 5.26. The van der Waals surface area contributed by atoms with E-state index in [0.29, 0.717) is 24.4 Å². The fourth-order valence-electron chi connectivity index (χ4n) is 2.54. The summed E-state index contributed by atoms with van der Waals surface area (Å²) in [6.07, 6.45) is 4.50. The third-order valence-corrected chi connectivity index (χ3v) is 3.60. The van der Waals surface area contributed by atoms with Crippen LogP contribution in [0.5, 0.6) is 0 Å². The second kappa shape index (κ2) is 6.24. The molecule has 0 aliphatic heterocycles. The molecule has 0 radical (unpaired) electrons. The molecule has 0 aromatic carbocycles. The molecule has 3 unspecified atom stereocenters. The first-order valence-electron chi connectivity index (χ1n) is 6.55. The molecule has 1 aliphatic carbocycles. The average Bonchev–Trinajstić information content (AvgIpc) is 2.60. The van der Waals surface area contributed by atoms with Crippen molar-refractivity contribution in [3.05, 3.63) is 0 Å². The van der Waals surface area contributed by atoms with Gasteiger partial charge in [0.15, 0.2) is 0 Å². The van der Waals surface area contributed by atoms with Crippen LogP contribution in [0.3, 0.4) is 0 Å². The molecule has 3 atom stereocenters. The Morgan fingerprint density at radius 1 is 1.44 bits per heavy atom. The number of rotatable bonds is 5. The summed E-state index contributed by atoms with van der Waals surface area (Å²) in [6, 6.07) is 0.383. The Labute approximate surface area is 99.2 Å². The fraction of sp³-hybridized carbons (Fsp3) is 0.923. The minimum absolute atomic E-state index is 0.00667. The van der Waals surface area contributed by atoms with E-state index < -0.39 is 0 Å². The lowest BCUT2D eigenvalue weighted by Gasteiger charge is -2.22. The van der Waals surface area contributed by atoms with E-state index in [4.69, 9.17) is 5.73 Å². The average molecular weight is 226 g/mol. The normalized spacial score (nSPS) is 27.1. The maximum absolute atomic E-state index is 12.0. The summed E-state index contributed by atoms with van der Waals surface area (Å²) < 4.78 is 0. The van der Waals surface area contributed by atoms with Crippen molar-refractivity contribution in [3.63, 3.8) is 0 Å². The molecule has 1 saturated carbocycles. The van der Waals surface area contributed by atoms with Crippen molar-refractivity contribution in [2.45, 2.75) is 52.5 Å². The summed E-state index contributed by atoms with van der Waals surface area (Å²) in [4.78, 5) is 12.0. The molecule has 1 fully saturated rings. The highest BCUT2D eigenvalue weighted by Crippen LogP contribution is 2.25. The molecule has 0 saturated heterocycles. The molecule has 0 spiro atoms. The van der Waals surface area contributed by atoms with E-state index in [-0.39, 0.29) is 11.8 Å². The zero-order valence-corrected chi connectivity index (χ0v) is 10.8. The van der Waals surface area contributed by atoms with Gasteiger partial charge in [-0.1, -0.05) is 27.2 Å². The maximum atomic E-state index is 12.0. The lowest BCUT2D eigenvalue weighted by Crippen LogP contribution is -2.42. The van der Waals surface area contributed by atoms with Gasteiger partial charge in [0, 0.05) is 12.6 Å². The number of carbonyl (C=O) groups excluding carboxylic acids is 1. The standard InChI is InChI=1S/C13H26N2O/c1-9(2)7-11(8-14)13(16)15-12-6-4-5-10(12)3/h9-12H,4-8,14H2,1-3H3,(H,15,16). The van der Waals surface area contributed by atoms with Crippen LogP contribution in [0.25, 0.3) is 0 Å². The maximum Gasteiger partial charge on any atom is 0.224 e. The van der Waals surface area contributed by atoms with E-state index in [1.165, 1.54) is 12.8 Å². The first kappa shape index (κ1) is 13.5. The molecule has 3 N–H and O–H groups in total. The Morgan fingerprint density at radius 2 is 2.12 bits per heavy atom. The van der Waals surface area contributed by atoms with Gasteiger partial charge in [0.05, 0.1) is 5.92 Å². The number of amides is 1. The molecule has 0 heterocycles. The first-order valence-corrected chi connectivity index (χ1v) is 6.55. The zero-order chi connectivity index (χ0) is 12.1. The molecule has 1 rings (SSSR count). The molecular formula is C13H26N2O. The molecule has 3 heteroatoms. The van der Waals surface area contributed by atoms with E-state index >= 15 is 0 Å². The minimum atomic E-state index is -0.00667. The Hall–Kier alpha value is -0.570. The van der Waals surface area contributed by atoms with Crippen molar-refractivity contribution < 1.29 is 4.79 Å². The number of nitrogens with two attached hydrogens (primary N) is 1. The Balaban J connectivity index is 2.42. The topological polar surface area (TPSA) is 55.1 Å². The summed E-state index contributed by atoms with van der Waals surface area (Å²) in [7, 11) is 0. The number of hydrogen-bond donors (Lipinski definition) is 2. The van der Waals surface area contributed by atoms with Gasteiger partial charge < -0.3 is 11.1 Å².